The van der Waals surface area contributed by atoms with Gasteiger partial charge in [-0.2, -0.15) is 0 Å². The van der Waals surface area contributed by atoms with Gasteiger partial charge >= 0.3 is 218 Å². The number of hydrogen-bond donors (Lipinski definition) is 0. The van der Waals surface area contributed by atoms with Gasteiger partial charge in [-0.1, -0.05) is 0 Å². The Labute approximate surface area is 217 Å². The van der Waals surface area contributed by atoms with E-state index in [9.17, 15) is 0 Å². The molecule has 195 valence electrons. The van der Waals surface area contributed by atoms with Crippen LogP contribution in [0.1, 0.15) is 122 Å². The number of hydrogen-bond acceptors (Lipinski definition) is 0. The van der Waals surface area contributed by atoms with Crippen molar-refractivity contribution >= 4 is 0 Å². The van der Waals surface area contributed by atoms with Gasteiger partial charge in [-0.25, -0.2) is 0 Å². The maximum absolute atomic E-state index is 2.79. The molecule has 0 aromatic carbocycles. The second-order valence-corrected chi connectivity index (χ2v) is 21.6. The summed E-state index contributed by atoms with van der Waals surface area (Å²) in [6.07, 6.45) is 9.54. The molecule has 6 saturated carbocycles. The fourth-order valence-corrected chi connectivity index (χ4v) is 23.4. The van der Waals surface area contributed by atoms with E-state index in [0.29, 0.717) is 29.1 Å². The van der Waals surface area contributed by atoms with E-state index in [0.717, 1.165) is 53.3 Å². The summed E-state index contributed by atoms with van der Waals surface area (Å²) in [5, 5.41) is 0. The Kier molecular flexibility index (Phi) is 4.93. The molecule has 12 unspecified atom stereocenters. The van der Waals surface area contributed by atoms with Crippen LogP contribution in [0.3, 0.4) is 0 Å². The molecule has 12 atom stereocenters. The van der Waals surface area contributed by atoms with Gasteiger partial charge < -0.3 is 0 Å². The molecule has 0 nitrogen and oxygen atoms in total. The van der Waals surface area contributed by atoms with E-state index in [-0.39, 0.29) is 0 Å². The summed E-state index contributed by atoms with van der Waals surface area (Å²) in [6, 6.07) is 0. The molecule has 6 rings (SSSR count). The molecule has 6 fully saturated rings. The molecular formula is C33H57Cr. The van der Waals surface area contributed by atoms with Crippen LogP contribution in [0, 0.1) is 69.5 Å². The van der Waals surface area contributed by atoms with Crippen molar-refractivity contribution in [1.82, 2.24) is 0 Å². The molecule has 6 aliphatic rings. The quantitative estimate of drug-likeness (QED) is 0.358. The van der Waals surface area contributed by atoms with Gasteiger partial charge in [-0.05, 0) is 0 Å². The van der Waals surface area contributed by atoms with Crippen LogP contribution in [0.4, 0.5) is 0 Å². The molecule has 6 aliphatic carbocycles. The van der Waals surface area contributed by atoms with Gasteiger partial charge in [0, 0.05) is 0 Å². The first-order valence-corrected chi connectivity index (χ1v) is 17.2. The maximum atomic E-state index is 2.79. The van der Waals surface area contributed by atoms with Crippen molar-refractivity contribution in [2.75, 3.05) is 0 Å². The standard InChI is InChI=1S/3C11H19.Cr/c3*1-7-5-9-6-10(7)8(2)11(9,3)4;/h3*7-8,10H,5-6H2,1-4H3;. The molecule has 0 heterocycles. The molecule has 6 bridgehead atoms. The van der Waals surface area contributed by atoms with Crippen LogP contribution in [0.2, 0.25) is 12.8 Å². The molecule has 0 aromatic rings. The van der Waals surface area contributed by atoms with Crippen LogP contribution >= 0.6 is 0 Å². The molecular weight excluding hydrogens is 448 g/mol. The van der Waals surface area contributed by atoms with Crippen LogP contribution in [0.25, 0.3) is 0 Å². The van der Waals surface area contributed by atoms with Crippen molar-refractivity contribution in [1.29, 1.82) is 0 Å². The fraction of sp³-hybridized carbons (Fsp3) is 1.00. The monoisotopic (exact) mass is 505 g/mol. The molecule has 0 saturated heterocycles. The predicted octanol–water partition coefficient (Wildman–Crippen LogP) is 10.2. The topological polar surface area (TPSA) is 0 Å². The first kappa shape index (κ1) is 24.8. The van der Waals surface area contributed by atoms with Gasteiger partial charge in [-0.3, -0.25) is 0 Å². The predicted molar refractivity (Wildman–Crippen MR) is 143 cm³/mol. The minimum absolute atomic E-state index is 0.519. The van der Waals surface area contributed by atoms with E-state index < -0.39 is 14.1 Å². The van der Waals surface area contributed by atoms with E-state index in [1.807, 2.05) is 0 Å². The number of rotatable bonds is 3. The van der Waals surface area contributed by atoms with Gasteiger partial charge in [0.1, 0.15) is 0 Å². The molecule has 0 aromatic heterocycles. The molecule has 34 heavy (non-hydrogen) atoms. The Morgan fingerprint density at radius 3 is 0.853 bits per heavy atom. The molecule has 1 heteroatoms. The van der Waals surface area contributed by atoms with Crippen molar-refractivity contribution in [2.45, 2.75) is 134 Å². The zero-order chi connectivity index (χ0) is 25.0. The van der Waals surface area contributed by atoms with Crippen LogP contribution in [0.15, 0.2) is 0 Å². The van der Waals surface area contributed by atoms with Crippen LogP contribution in [0.5, 0.6) is 0 Å². The SMILES string of the molecule is CC1C[C]2([Cr]([C]34CC(C)C(C3)C(C)C4(C)C)[C]34CC(C)C(C3)C(C)C4(C)C)CC1C(C)C2(C)C. The summed E-state index contributed by atoms with van der Waals surface area (Å²) in [5.41, 5.74) is 1.56. The van der Waals surface area contributed by atoms with Crippen LogP contribution < -0.4 is 0 Å². The Morgan fingerprint density at radius 1 is 0.412 bits per heavy atom. The summed E-state index contributed by atoms with van der Waals surface area (Å²) in [6.45, 7) is 32.8. The zero-order valence-corrected chi connectivity index (χ0v) is 26.1. The van der Waals surface area contributed by atoms with Crippen molar-refractivity contribution in [3.8, 4) is 0 Å². The summed E-state index contributed by atoms with van der Waals surface area (Å²) < 4.78 is 1.97. The summed E-state index contributed by atoms with van der Waals surface area (Å²) in [4.78, 5) is 0. The molecule has 0 aliphatic heterocycles. The second kappa shape index (κ2) is 6.75. The van der Waals surface area contributed by atoms with Gasteiger partial charge in [0.05, 0.1) is 0 Å². The number of fused-ring (bicyclic) bond motifs is 6. The Morgan fingerprint density at radius 2 is 0.647 bits per heavy atom. The average molecular weight is 506 g/mol. The molecule has 0 spiro atoms. The van der Waals surface area contributed by atoms with Gasteiger partial charge in [0.15, 0.2) is 0 Å². The van der Waals surface area contributed by atoms with E-state index in [1.54, 1.807) is 38.5 Å². The summed E-state index contributed by atoms with van der Waals surface area (Å²) in [7, 11) is 0. The van der Waals surface area contributed by atoms with Gasteiger partial charge in [0.25, 0.3) is 0 Å². The third-order valence-corrected chi connectivity index (χ3v) is 23.6. The van der Waals surface area contributed by atoms with Crippen molar-refractivity contribution in [2.24, 2.45) is 69.5 Å². The Balaban J connectivity index is 1.64. The summed E-state index contributed by atoms with van der Waals surface area (Å²) in [5.74, 6) is 8.54. The zero-order valence-electron chi connectivity index (χ0n) is 24.8. The Bertz CT molecular complexity index is 769. The average Bonchev–Trinajstić information content (AvgIpc) is 3.48. The van der Waals surface area contributed by atoms with E-state index in [4.69, 9.17) is 0 Å². The first-order chi connectivity index (χ1) is 15.5. The van der Waals surface area contributed by atoms with Crippen molar-refractivity contribution in [3.63, 3.8) is 0 Å². The van der Waals surface area contributed by atoms with E-state index in [2.05, 4.69) is 83.1 Å². The second-order valence-electron chi connectivity index (χ2n) is 17.0. The van der Waals surface area contributed by atoms with E-state index >= 15 is 0 Å². The fourth-order valence-electron chi connectivity index (χ4n) is 12.9. The van der Waals surface area contributed by atoms with Crippen LogP contribution in [-0.4, -0.2) is 0 Å². The van der Waals surface area contributed by atoms with Gasteiger partial charge in [-0.15, -0.1) is 0 Å². The van der Waals surface area contributed by atoms with Crippen LogP contribution in [-0.2, 0) is 14.1 Å². The normalized spacial score (nSPS) is 60.1. The third kappa shape index (κ3) is 2.34. The molecule has 0 amide bonds. The van der Waals surface area contributed by atoms with E-state index in [1.165, 1.54) is 0 Å². The third-order valence-electron chi connectivity index (χ3n) is 15.9. The van der Waals surface area contributed by atoms with Crippen molar-refractivity contribution in [3.05, 3.63) is 0 Å². The minimum atomic E-state index is -1.06. The Hall–Kier alpha value is 0.532. The molecule has 0 N–H and O–H groups in total. The summed E-state index contributed by atoms with van der Waals surface area (Å²) >= 11 is -1.06. The first-order valence-electron chi connectivity index (χ1n) is 15.3. The molecule has 0 radical (unpaired) electrons. The van der Waals surface area contributed by atoms with Crippen molar-refractivity contribution < 1.29 is 14.1 Å². The van der Waals surface area contributed by atoms with Gasteiger partial charge in [0.2, 0.25) is 0 Å².